The van der Waals surface area contributed by atoms with E-state index in [2.05, 4.69) is 11.4 Å². The summed E-state index contributed by atoms with van der Waals surface area (Å²) in [5, 5.41) is 3.06. The topological polar surface area (TPSA) is 49.4 Å². The molecule has 1 aromatic carbocycles. The molecule has 3 rings (SSSR count). The minimum Gasteiger partial charge on any atom is -0.352 e. The zero-order valence-electron chi connectivity index (χ0n) is 17.6. The lowest BCUT2D eigenvalue weighted by Gasteiger charge is -2.31. The minimum absolute atomic E-state index is 0.0439. The molecular weight excluding hydrogens is 380 g/mol. The van der Waals surface area contributed by atoms with Gasteiger partial charge in [0.2, 0.25) is 5.91 Å². The van der Waals surface area contributed by atoms with Crippen molar-refractivity contribution >= 4 is 23.6 Å². The molecule has 0 aromatic heterocycles. The number of carbonyl (C=O) groups excluding carboxylic acids is 2. The number of thioether (sulfide) groups is 1. The summed E-state index contributed by atoms with van der Waals surface area (Å²) in [6, 6.07) is 7.99. The Morgan fingerprint density at radius 3 is 2.66 bits per heavy atom. The third kappa shape index (κ3) is 6.63. The van der Waals surface area contributed by atoms with Gasteiger partial charge in [0.05, 0.1) is 11.3 Å². The summed E-state index contributed by atoms with van der Waals surface area (Å²) in [4.78, 5) is 28.1. The van der Waals surface area contributed by atoms with Crippen LogP contribution in [0, 0.1) is 0 Å². The van der Waals surface area contributed by atoms with Gasteiger partial charge in [-0.25, -0.2) is 0 Å². The van der Waals surface area contributed by atoms with Crippen molar-refractivity contribution in [3.63, 3.8) is 0 Å². The van der Waals surface area contributed by atoms with Crippen LogP contribution in [0.2, 0.25) is 0 Å². The fraction of sp³-hybridized carbons (Fsp3) is 0.583. The molecule has 2 amide bonds. The van der Waals surface area contributed by atoms with Crippen molar-refractivity contribution in [1.29, 1.82) is 0 Å². The van der Waals surface area contributed by atoms with E-state index >= 15 is 0 Å². The van der Waals surface area contributed by atoms with Crippen LogP contribution in [0.15, 0.2) is 40.8 Å². The molecule has 2 aliphatic carbocycles. The molecule has 0 heterocycles. The van der Waals surface area contributed by atoms with Gasteiger partial charge in [0.15, 0.2) is 0 Å². The van der Waals surface area contributed by atoms with E-state index in [-0.39, 0.29) is 11.8 Å². The normalized spacial score (nSPS) is 17.5. The molecule has 0 aliphatic heterocycles. The van der Waals surface area contributed by atoms with E-state index in [1.807, 2.05) is 36.2 Å². The Hall–Kier alpha value is -1.75. The van der Waals surface area contributed by atoms with E-state index < -0.39 is 0 Å². The molecule has 0 saturated heterocycles. The minimum atomic E-state index is -0.0439. The Kier molecular flexibility index (Phi) is 8.66. The van der Waals surface area contributed by atoms with Gasteiger partial charge in [-0.3, -0.25) is 9.59 Å². The average Bonchev–Trinajstić information content (AvgIpc) is 2.78. The lowest BCUT2D eigenvalue weighted by Crippen LogP contribution is -2.39. The summed E-state index contributed by atoms with van der Waals surface area (Å²) in [6.07, 6.45) is 14.1. The van der Waals surface area contributed by atoms with Crippen LogP contribution in [0.5, 0.6) is 0 Å². The summed E-state index contributed by atoms with van der Waals surface area (Å²) >= 11 is 1.47. The summed E-state index contributed by atoms with van der Waals surface area (Å²) < 4.78 is 0. The van der Waals surface area contributed by atoms with Crippen molar-refractivity contribution < 1.29 is 9.59 Å². The van der Waals surface area contributed by atoms with E-state index in [0.29, 0.717) is 23.9 Å². The SMILES string of the molecule is CN(C(=O)CSc1ccccc1C(=O)NCCC1=CCCCC1)C1CCCCC1. The molecule has 0 spiro atoms. The van der Waals surface area contributed by atoms with Crippen LogP contribution < -0.4 is 5.32 Å². The molecule has 4 nitrogen and oxygen atoms in total. The van der Waals surface area contributed by atoms with E-state index in [4.69, 9.17) is 0 Å². The van der Waals surface area contributed by atoms with E-state index in [9.17, 15) is 9.59 Å². The van der Waals surface area contributed by atoms with Crippen LogP contribution in [0.3, 0.4) is 0 Å². The number of allylic oxidation sites excluding steroid dienone is 1. The van der Waals surface area contributed by atoms with E-state index in [1.54, 1.807) is 0 Å². The molecule has 158 valence electrons. The number of hydrogen-bond acceptors (Lipinski definition) is 3. The van der Waals surface area contributed by atoms with Gasteiger partial charge in [-0.2, -0.15) is 0 Å². The zero-order valence-corrected chi connectivity index (χ0v) is 18.4. The van der Waals surface area contributed by atoms with Crippen molar-refractivity contribution in [2.75, 3.05) is 19.3 Å². The van der Waals surface area contributed by atoms with Crippen molar-refractivity contribution in [2.45, 2.75) is 75.1 Å². The second kappa shape index (κ2) is 11.4. The standard InChI is InChI=1S/C24H34N2O2S/c1-26(20-12-6-3-7-13-20)23(27)18-29-22-15-9-8-14-21(22)24(28)25-17-16-19-10-4-2-5-11-19/h8-10,14-15,20H,2-7,11-13,16-18H2,1H3,(H,25,28). The van der Waals surface area contributed by atoms with Crippen molar-refractivity contribution in [3.05, 3.63) is 41.5 Å². The van der Waals surface area contributed by atoms with Gasteiger partial charge in [-0.05, 0) is 57.1 Å². The Bertz CT molecular complexity index is 725. The third-order valence-corrected chi connectivity index (χ3v) is 7.17. The van der Waals surface area contributed by atoms with Crippen molar-refractivity contribution in [1.82, 2.24) is 10.2 Å². The summed E-state index contributed by atoms with van der Waals surface area (Å²) in [7, 11) is 1.93. The largest absolute Gasteiger partial charge is 0.352 e. The first kappa shape index (κ1) is 21.9. The van der Waals surface area contributed by atoms with Crippen LogP contribution in [0.25, 0.3) is 0 Å². The fourth-order valence-electron chi connectivity index (χ4n) is 4.26. The Morgan fingerprint density at radius 2 is 1.90 bits per heavy atom. The smallest absolute Gasteiger partial charge is 0.252 e. The first-order valence-electron chi connectivity index (χ1n) is 11.1. The molecular formula is C24H34N2O2S. The summed E-state index contributed by atoms with van der Waals surface area (Å²) in [5.74, 6) is 0.489. The number of nitrogens with zero attached hydrogens (tertiary/aromatic N) is 1. The molecule has 29 heavy (non-hydrogen) atoms. The highest BCUT2D eigenvalue weighted by Crippen LogP contribution is 2.26. The summed E-state index contributed by atoms with van der Waals surface area (Å²) in [6.45, 7) is 0.674. The van der Waals surface area contributed by atoms with Crippen molar-refractivity contribution in [2.24, 2.45) is 0 Å². The van der Waals surface area contributed by atoms with Gasteiger partial charge in [0, 0.05) is 24.5 Å². The molecule has 1 aromatic rings. The lowest BCUT2D eigenvalue weighted by atomic mass is 9.94. The second-order valence-corrected chi connectivity index (χ2v) is 9.21. The molecule has 5 heteroatoms. The quantitative estimate of drug-likeness (QED) is 0.470. The first-order valence-corrected chi connectivity index (χ1v) is 12.1. The third-order valence-electron chi connectivity index (χ3n) is 6.12. The van der Waals surface area contributed by atoms with Crippen LogP contribution in [-0.4, -0.2) is 42.1 Å². The van der Waals surface area contributed by atoms with Crippen LogP contribution >= 0.6 is 11.8 Å². The highest BCUT2D eigenvalue weighted by atomic mass is 32.2. The van der Waals surface area contributed by atoms with Crippen LogP contribution in [0.4, 0.5) is 0 Å². The monoisotopic (exact) mass is 414 g/mol. The Labute approximate surface area is 179 Å². The summed E-state index contributed by atoms with van der Waals surface area (Å²) in [5.41, 5.74) is 2.14. The zero-order chi connectivity index (χ0) is 20.5. The molecule has 1 fully saturated rings. The predicted octanol–water partition coefficient (Wildman–Crippen LogP) is 5.19. The number of benzene rings is 1. The average molecular weight is 415 g/mol. The van der Waals surface area contributed by atoms with Gasteiger partial charge < -0.3 is 10.2 Å². The molecule has 2 aliphatic rings. The molecule has 0 radical (unpaired) electrons. The van der Waals surface area contributed by atoms with Crippen molar-refractivity contribution in [3.8, 4) is 0 Å². The highest BCUT2D eigenvalue weighted by molar-refractivity contribution is 8.00. The molecule has 1 saturated carbocycles. The second-order valence-electron chi connectivity index (χ2n) is 8.20. The predicted molar refractivity (Wildman–Crippen MR) is 120 cm³/mol. The van der Waals surface area contributed by atoms with Crippen LogP contribution in [0.1, 0.15) is 74.6 Å². The van der Waals surface area contributed by atoms with E-state index in [0.717, 1.165) is 24.2 Å². The van der Waals surface area contributed by atoms with Gasteiger partial charge in [-0.15, -0.1) is 11.8 Å². The highest BCUT2D eigenvalue weighted by Gasteiger charge is 2.22. The molecule has 0 unspecified atom stereocenters. The number of hydrogen-bond donors (Lipinski definition) is 1. The van der Waals surface area contributed by atoms with Gasteiger partial charge in [0.1, 0.15) is 0 Å². The Balaban J connectivity index is 1.50. The van der Waals surface area contributed by atoms with Gasteiger partial charge in [-0.1, -0.05) is 43.0 Å². The number of rotatable bonds is 8. The number of carbonyl (C=O) groups is 2. The van der Waals surface area contributed by atoms with E-state index in [1.165, 1.54) is 62.3 Å². The molecule has 1 N–H and O–H groups in total. The molecule has 0 bridgehead atoms. The lowest BCUT2D eigenvalue weighted by molar-refractivity contribution is -0.129. The maximum atomic E-state index is 12.7. The Morgan fingerprint density at radius 1 is 1.10 bits per heavy atom. The number of nitrogens with one attached hydrogen (secondary N) is 1. The van der Waals surface area contributed by atoms with Gasteiger partial charge >= 0.3 is 0 Å². The number of amides is 2. The van der Waals surface area contributed by atoms with Crippen LogP contribution in [-0.2, 0) is 4.79 Å². The fourth-order valence-corrected chi connectivity index (χ4v) is 5.23. The van der Waals surface area contributed by atoms with Gasteiger partial charge in [0.25, 0.3) is 5.91 Å². The first-order chi connectivity index (χ1) is 14.1. The maximum absolute atomic E-state index is 12.7. The molecule has 0 atom stereocenters. The maximum Gasteiger partial charge on any atom is 0.252 e.